The van der Waals surface area contributed by atoms with E-state index in [2.05, 4.69) is 56.1 Å². The van der Waals surface area contributed by atoms with Crippen LogP contribution in [0.2, 0.25) is 0 Å². The quantitative estimate of drug-likeness (QED) is 0.857. The van der Waals surface area contributed by atoms with Crippen LogP contribution in [0.3, 0.4) is 0 Å². The molecule has 110 valence electrons. The van der Waals surface area contributed by atoms with Crippen molar-refractivity contribution in [2.24, 2.45) is 5.41 Å². The first kappa shape index (κ1) is 15.0. The summed E-state index contributed by atoms with van der Waals surface area (Å²) in [7, 11) is 1.97. The van der Waals surface area contributed by atoms with Gasteiger partial charge in [0.25, 0.3) is 0 Å². The number of nitrogens with zero attached hydrogens (tertiary/aromatic N) is 2. The highest BCUT2D eigenvalue weighted by atomic mass is 15.2. The summed E-state index contributed by atoms with van der Waals surface area (Å²) < 4.78 is 0. The van der Waals surface area contributed by atoms with Gasteiger partial charge in [-0.2, -0.15) is 0 Å². The predicted molar refractivity (Wildman–Crippen MR) is 86.1 cm³/mol. The molecule has 1 aromatic heterocycles. The first-order chi connectivity index (χ1) is 9.41. The van der Waals surface area contributed by atoms with Crippen LogP contribution in [0.4, 0.5) is 5.82 Å². The third-order valence-electron chi connectivity index (χ3n) is 4.04. The second-order valence-electron chi connectivity index (χ2n) is 6.62. The van der Waals surface area contributed by atoms with Crippen molar-refractivity contribution in [1.29, 1.82) is 0 Å². The van der Waals surface area contributed by atoms with Crippen LogP contribution in [0.1, 0.15) is 38.4 Å². The van der Waals surface area contributed by atoms with Gasteiger partial charge in [0.1, 0.15) is 5.82 Å². The molecule has 0 unspecified atom stereocenters. The molecule has 0 amide bonds. The topological polar surface area (TPSA) is 28.2 Å². The van der Waals surface area contributed by atoms with Crippen molar-refractivity contribution >= 4 is 5.82 Å². The van der Waals surface area contributed by atoms with Crippen LogP contribution >= 0.6 is 0 Å². The van der Waals surface area contributed by atoms with E-state index >= 15 is 0 Å². The third-order valence-corrected chi connectivity index (χ3v) is 4.04. The first-order valence-electron chi connectivity index (χ1n) is 7.47. The van der Waals surface area contributed by atoms with Gasteiger partial charge in [0.2, 0.25) is 0 Å². The highest BCUT2D eigenvalue weighted by Gasteiger charge is 2.21. The number of hydrogen-bond acceptors (Lipinski definition) is 3. The van der Waals surface area contributed by atoms with Crippen molar-refractivity contribution in [2.75, 3.05) is 25.0 Å². The van der Waals surface area contributed by atoms with Crippen LogP contribution in [-0.2, 0) is 6.54 Å². The van der Waals surface area contributed by atoms with Crippen LogP contribution in [0.5, 0.6) is 0 Å². The average Bonchev–Trinajstić information content (AvgIpc) is 2.40. The number of nitrogens with one attached hydrogen (secondary N) is 1. The van der Waals surface area contributed by atoms with E-state index in [4.69, 9.17) is 4.98 Å². The number of anilines is 1. The number of hydrogen-bond donors (Lipinski definition) is 1. The van der Waals surface area contributed by atoms with Crippen molar-refractivity contribution in [3.63, 3.8) is 0 Å². The Kier molecular flexibility index (Phi) is 4.48. The van der Waals surface area contributed by atoms with Gasteiger partial charge in [0.15, 0.2) is 0 Å². The van der Waals surface area contributed by atoms with Gasteiger partial charge in [-0.1, -0.05) is 38.5 Å². The van der Waals surface area contributed by atoms with Crippen LogP contribution in [-0.4, -0.2) is 25.1 Å². The fraction of sp³-hybridized carbons (Fsp3) is 0.588. The molecule has 0 saturated heterocycles. The largest absolute Gasteiger partial charge is 0.353 e. The molecule has 20 heavy (non-hydrogen) atoms. The summed E-state index contributed by atoms with van der Waals surface area (Å²) in [4.78, 5) is 7.13. The molecule has 1 aliphatic heterocycles. The molecule has 1 N–H and O–H groups in total. The van der Waals surface area contributed by atoms with Gasteiger partial charge in [-0.3, -0.25) is 0 Å². The predicted octanol–water partition coefficient (Wildman–Crippen LogP) is 3.29. The fourth-order valence-corrected chi connectivity index (χ4v) is 2.69. The Hall–Kier alpha value is -1.35. The third kappa shape index (κ3) is 3.40. The van der Waals surface area contributed by atoms with E-state index in [1.807, 2.05) is 7.05 Å². The lowest BCUT2D eigenvalue weighted by Gasteiger charge is -2.33. The Morgan fingerprint density at radius 2 is 2.05 bits per heavy atom. The maximum atomic E-state index is 4.76. The maximum absolute atomic E-state index is 4.76. The van der Waals surface area contributed by atoms with Crippen molar-refractivity contribution < 1.29 is 0 Å². The summed E-state index contributed by atoms with van der Waals surface area (Å²) in [5.41, 5.74) is 4.27. The summed E-state index contributed by atoms with van der Waals surface area (Å²) in [6.45, 7) is 11.9. The van der Waals surface area contributed by atoms with E-state index in [1.54, 1.807) is 5.57 Å². The lowest BCUT2D eigenvalue weighted by Crippen LogP contribution is -2.32. The maximum Gasteiger partial charge on any atom is 0.129 e. The van der Waals surface area contributed by atoms with Gasteiger partial charge < -0.3 is 10.2 Å². The van der Waals surface area contributed by atoms with Gasteiger partial charge in [-0.15, -0.1) is 0 Å². The average molecular weight is 273 g/mol. The number of rotatable bonds is 3. The van der Waals surface area contributed by atoms with Gasteiger partial charge in [-0.25, -0.2) is 4.98 Å². The van der Waals surface area contributed by atoms with E-state index < -0.39 is 0 Å². The van der Waals surface area contributed by atoms with E-state index in [0.29, 0.717) is 5.41 Å². The molecule has 0 aliphatic carbocycles. The van der Waals surface area contributed by atoms with Crippen LogP contribution < -0.4 is 10.2 Å². The summed E-state index contributed by atoms with van der Waals surface area (Å²) in [5, 5.41) is 3.18. The van der Waals surface area contributed by atoms with Crippen LogP contribution in [0.25, 0.3) is 0 Å². The highest BCUT2D eigenvalue weighted by molar-refractivity contribution is 5.44. The normalized spacial score (nSPS) is 16.2. The monoisotopic (exact) mass is 273 g/mol. The molecular weight excluding hydrogens is 246 g/mol. The fourth-order valence-electron chi connectivity index (χ4n) is 2.69. The molecule has 0 saturated carbocycles. The molecule has 1 aromatic rings. The molecule has 1 aliphatic rings. The molecule has 0 spiro atoms. The minimum atomic E-state index is 0.298. The summed E-state index contributed by atoms with van der Waals surface area (Å²) in [6.07, 6.45) is 3.52. The SMILES string of the molecule is CNCc1ccc(N2CC=C(C(C)(C)C)CC2)nc1C. The number of aryl methyl sites for hydroxylation is 1. The summed E-state index contributed by atoms with van der Waals surface area (Å²) in [6, 6.07) is 4.34. The number of pyridine rings is 1. The van der Waals surface area contributed by atoms with Crippen molar-refractivity contribution in [3.05, 3.63) is 35.0 Å². The van der Waals surface area contributed by atoms with Gasteiger partial charge in [0, 0.05) is 25.3 Å². The molecule has 0 aromatic carbocycles. The standard InChI is InChI=1S/C17H27N3/c1-13-14(12-18-5)6-7-16(19-13)20-10-8-15(9-11-20)17(2,3)4/h6-8,18H,9-12H2,1-5H3. The van der Waals surface area contributed by atoms with E-state index in [0.717, 1.165) is 37.6 Å². The summed E-state index contributed by atoms with van der Waals surface area (Å²) in [5.74, 6) is 1.10. The highest BCUT2D eigenvalue weighted by Crippen LogP contribution is 2.31. The van der Waals surface area contributed by atoms with Gasteiger partial charge in [-0.05, 0) is 37.4 Å². The Morgan fingerprint density at radius 3 is 2.55 bits per heavy atom. The first-order valence-corrected chi connectivity index (χ1v) is 7.47. The molecule has 0 radical (unpaired) electrons. The number of aromatic nitrogens is 1. The molecular formula is C17H27N3. The lowest BCUT2D eigenvalue weighted by molar-refractivity contribution is 0.472. The minimum Gasteiger partial charge on any atom is -0.353 e. The Balaban J connectivity index is 2.11. The van der Waals surface area contributed by atoms with Crippen molar-refractivity contribution in [1.82, 2.24) is 10.3 Å². The van der Waals surface area contributed by atoms with Crippen molar-refractivity contribution in [3.8, 4) is 0 Å². The zero-order chi connectivity index (χ0) is 14.8. The minimum absolute atomic E-state index is 0.298. The van der Waals surface area contributed by atoms with Gasteiger partial charge >= 0.3 is 0 Å². The molecule has 2 rings (SSSR count). The van der Waals surface area contributed by atoms with E-state index in [1.165, 1.54) is 5.56 Å². The molecule has 0 bridgehead atoms. The van der Waals surface area contributed by atoms with Crippen molar-refractivity contribution in [2.45, 2.75) is 40.7 Å². The molecule has 3 heteroatoms. The second-order valence-corrected chi connectivity index (χ2v) is 6.62. The van der Waals surface area contributed by atoms with E-state index in [9.17, 15) is 0 Å². The lowest BCUT2D eigenvalue weighted by atomic mass is 9.83. The van der Waals surface area contributed by atoms with Crippen LogP contribution in [0, 0.1) is 12.3 Å². The Bertz CT molecular complexity index is 497. The van der Waals surface area contributed by atoms with Crippen LogP contribution in [0.15, 0.2) is 23.8 Å². The zero-order valence-corrected chi connectivity index (χ0v) is 13.5. The Morgan fingerprint density at radius 1 is 1.30 bits per heavy atom. The zero-order valence-electron chi connectivity index (χ0n) is 13.5. The molecule has 3 nitrogen and oxygen atoms in total. The molecule has 0 fully saturated rings. The summed E-state index contributed by atoms with van der Waals surface area (Å²) >= 11 is 0. The molecule has 0 atom stereocenters. The second kappa shape index (κ2) is 5.96. The molecule has 2 heterocycles. The smallest absolute Gasteiger partial charge is 0.129 e. The van der Waals surface area contributed by atoms with Gasteiger partial charge in [0.05, 0.1) is 0 Å². The Labute approximate surface area is 123 Å². The van der Waals surface area contributed by atoms with E-state index in [-0.39, 0.29) is 0 Å².